The zero-order chi connectivity index (χ0) is 14.8. The monoisotopic (exact) mass is 284 g/mol. The molecule has 5 nitrogen and oxygen atoms in total. The van der Waals surface area contributed by atoms with E-state index in [9.17, 15) is 9.59 Å². The normalized spacial score (nSPS) is 19.9. The molecule has 0 aromatic carbocycles. The molecule has 0 radical (unpaired) electrons. The summed E-state index contributed by atoms with van der Waals surface area (Å²) < 4.78 is 5.46. The topological polar surface area (TPSA) is 81.4 Å². The third-order valence-corrected chi connectivity index (χ3v) is 3.67. The van der Waals surface area contributed by atoms with Crippen LogP contribution in [0.1, 0.15) is 64.7 Å². The van der Waals surface area contributed by atoms with E-state index in [0.717, 1.165) is 25.7 Å². The second-order valence-corrected chi connectivity index (χ2v) is 5.67. The summed E-state index contributed by atoms with van der Waals surface area (Å²) in [7, 11) is 0. The first-order chi connectivity index (χ1) is 9.59. The van der Waals surface area contributed by atoms with E-state index in [-0.39, 0.29) is 24.5 Å². The maximum Gasteiger partial charge on any atom is 0.325 e. The highest BCUT2D eigenvalue weighted by molar-refractivity contribution is 5.85. The lowest BCUT2D eigenvalue weighted by atomic mass is 9.99. The molecule has 5 heteroatoms. The highest BCUT2D eigenvalue weighted by atomic mass is 16.5. The molecule has 1 fully saturated rings. The second kappa shape index (κ2) is 9.75. The molecular weight excluding hydrogens is 256 g/mol. The number of hydrogen-bond donors (Lipinski definition) is 2. The van der Waals surface area contributed by atoms with Crippen LogP contribution in [-0.2, 0) is 14.3 Å². The van der Waals surface area contributed by atoms with Crippen LogP contribution in [0, 0.1) is 0 Å². The number of amides is 1. The van der Waals surface area contributed by atoms with Gasteiger partial charge in [0.05, 0.1) is 6.04 Å². The minimum atomic E-state index is -0.601. The summed E-state index contributed by atoms with van der Waals surface area (Å²) in [5.74, 6) is -0.686. The lowest BCUT2D eigenvalue weighted by molar-refractivity contribution is -0.149. The van der Waals surface area contributed by atoms with Gasteiger partial charge in [0.1, 0.15) is 12.6 Å². The average Bonchev–Trinajstić information content (AvgIpc) is 2.43. The number of carbonyl (C=O) groups is 2. The summed E-state index contributed by atoms with van der Waals surface area (Å²) in [5.41, 5.74) is 5.41. The van der Waals surface area contributed by atoms with Gasteiger partial charge in [-0.3, -0.25) is 9.59 Å². The van der Waals surface area contributed by atoms with Crippen LogP contribution >= 0.6 is 0 Å². The van der Waals surface area contributed by atoms with Crippen LogP contribution in [0.15, 0.2) is 0 Å². The Balaban J connectivity index is 2.28. The van der Waals surface area contributed by atoms with Crippen LogP contribution < -0.4 is 11.1 Å². The van der Waals surface area contributed by atoms with Crippen molar-refractivity contribution in [2.24, 2.45) is 5.73 Å². The van der Waals surface area contributed by atoms with Gasteiger partial charge in [0, 0.05) is 0 Å². The molecule has 1 rings (SSSR count). The van der Waals surface area contributed by atoms with Crippen molar-refractivity contribution in [3.8, 4) is 0 Å². The van der Waals surface area contributed by atoms with Crippen molar-refractivity contribution in [1.29, 1.82) is 0 Å². The fourth-order valence-corrected chi connectivity index (χ4v) is 2.44. The van der Waals surface area contributed by atoms with Gasteiger partial charge in [-0.25, -0.2) is 0 Å². The van der Waals surface area contributed by atoms with Gasteiger partial charge in [-0.2, -0.15) is 0 Å². The first-order valence-electron chi connectivity index (χ1n) is 7.82. The molecule has 1 amide bonds. The second-order valence-electron chi connectivity index (χ2n) is 5.67. The minimum absolute atomic E-state index is 0.00722. The van der Waals surface area contributed by atoms with Gasteiger partial charge in [-0.05, 0) is 32.6 Å². The Bertz CT molecular complexity index is 295. The molecule has 0 aromatic heterocycles. The quantitative estimate of drug-likeness (QED) is 0.772. The van der Waals surface area contributed by atoms with Crippen molar-refractivity contribution >= 4 is 11.9 Å². The molecule has 1 atom stereocenters. The lowest BCUT2D eigenvalue weighted by Crippen LogP contribution is -2.41. The van der Waals surface area contributed by atoms with E-state index in [1.165, 1.54) is 32.1 Å². The first kappa shape index (κ1) is 17.0. The number of carbonyl (C=O) groups excluding carboxylic acids is 2. The Morgan fingerprint density at radius 1 is 1.10 bits per heavy atom. The van der Waals surface area contributed by atoms with Crippen LogP contribution in [0.4, 0.5) is 0 Å². The largest absolute Gasteiger partial charge is 0.461 e. The smallest absolute Gasteiger partial charge is 0.325 e. The van der Waals surface area contributed by atoms with E-state index in [4.69, 9.17) is 10.5 Å². The van der Waals surface area contributed by atoms with Gasteiger partial charge >= 0.3 is 5.97 Å². The van der Waals surface area contributed by atoms with Crippen LogP contribution in [0.5, 0.6) is 0 Å². The van der Waals surface area contributed by atoms with Gasteiger partial charge in [0.15, 0.2) is 0 Å². The number of nitrogens with one attached hydrogen (secondary N) is 1. The van der Waals surface area contributed by atoms with Crippen molar-refractivity contribution in [1.82, 2.24) is 5.32 Å². The Labute approximate surface area is 121 Å². The number of hydrogen-bond acceptors (Lipinski definition) is 4. The van der Waals surface area contributed by atoms with E-state index in [1.54, 1.807) is 6.92 Å². The Morgan fingerprint density at radius 2 is 1.60 bits per heavy atom. The third kappa shape index (κ3) is 7.48. The average molecular weight is 284 g/mol. The maximum atomic E-state index is 11.7. The van der Waals surface area contributed by atoms with Gasteiger partial charge in [0.25, 0.3) is 0 Å². The molecule has 1 aliphatic rings. The van der Waals surface area contributed by atoms with Gasteiger partial charge < -0.3 is 15.8 Å². The predicted molar refractivity (Wildman–Crippen MR) is 78.1 cm³/mol. The fourth-order valence-electron chi connectivity index (χ4n) is 2.44. The molecule has 1 aliphatic carbocycles. The molecule has 0 aromatic rings. The van der Waals surface area contributed by atoms with Crippen molar-refractivity contribution < 1.29 is 14.3 Å². The lowest BCUT2D eigenvalue weighted by Gasteiger charge is -2.19. The van der Waals surface area contributed by atoms with Gasteiger partial charge in [0.2, 0.25) is 5.91 Å². The molecule has 0 aliphatic heterocycles. The van der Waals surface area contributed by atoms with Gasteiger partial charge in [-0.15, -0.1) is 0 Å². The molecule has 0 bridgehead atoms. The number of esters is 1. The summed E-state index contributed by atoms with van der Waals surface area (Å²) in [6.45, 7) is 1.50. The van der Waals surface area contributed by atoms with Crippen LogP contribution in [0.3, 0.4) is 0 Å². The predicted octanol–water partition coefficient (Wildman–Crippen LogP) is 1.89. The van der Waals surface area contributed by atoms with Crippen LogP contribution in [-0.4, -0.2) is 30.6 Å². The molecule has 0 heterocycles. The highest BCUT2D eigenvalue weighted by Gasteiger charge is 2.16. The zero-order valence-electron chi connectivity index (χ0n) is 12.5. The maximum absolute atomic E-state index is 11.7. The molecule has 0 unspecified atom stereocenters. The molecule has 116 valence electrons. The summed E-state index contributed by atoms with van der Waals surface area (Å²) in [5, 5.41) is 2.48. The number of nitrogens with two attached hydrogens (primary N) is 1. The van der Waals surface area contributed by atoms with Crippen molar-refractivity contribution in [2.45, 2.75) is 76.9 Å². The fraction of sp³-hybridized carbons (Fsp3) is 0.867. The summed E-state index contributed by atoms with van der Waals surface area (Å²) in [6.07, 6.45) is 10.4. The van der Waals surface area contributed by atoms with Crippen LogP contribution in [0.25, 0.3) is 0 Å². The summed E-state index contributed by atoms with van der Waals surface area (Å²) in [4.78, 5) is 23.0. The molecule has 0 saturated heterocycles. The SMILES string of the molecule is C[C@H](N)C(=O)NCC(=O)OC1CCCCCCCCC1. The van der Waals surface area contributed by atoms with E-state index in [0.29, 0.717) is 0 Å². The standard InChI is InChI=1S/C15H28N2O3/c1-12(16)15(19)17-11-14(18)20-13-9-7-5-3-2-4-6-8-10-13/h12-13H,2-11,16H2,1H3,(H,17,19)/t12-/m0/s1. The van der Waals surface area contributed by atoms with E-state index in [2.05, 4.69) is 5.32 Å². The summed E-state index contributed by atoms with van der Waals surface area (Å²) >= 11 is 0. The van der Waals surface area contributed by atoms with Crippen molar-refractivity contribution in [3.63, 3.8) is 0 Å². The van der Waals surface area contributed by atoms with E-state index < -0.39 is 6.04 Å². The van der Waals surface area contributed by atoms with E-state index >= 15 is 0 Å². The summed E-state index contributed by atoms with van der Waals surface area (Å²) in [6, 6.07) is -0.601. The Kier molecular flexibility index (Phi) is 8.26. The Hall–Kier alpha value is -1.10. The number of rotatable bonds is 4. The molecule has 3 N–H and O–H groups in total. The first-order valence-corrected chi connectivity index (χ1v) is 7.82. The van der Waals surface area contributed by atoms with Crippen molar-refractivity contribution in [2.75, 3.05) is 6.54 Å². The minimum Gasteiger partial charge on any atom is -0.461 e. The van der Waals surface area contributed by atoms with Gasteiger partial charge in [-0.1, -0.05) is 32.1 Å². The number of ether oxygens (including phenoxy) is 1. The van der Waals surface area contributed by atoms with Crippen molar-refractivity contribution in [3.05, 3.63) is 0 Å². The molecule has 20 heavy (non-hydrogen) atoms. The third-order valence-electron chi connectivity index (χ3n) is 3.67. The highest BCUT2D eigenvalue weighted by Crippen LogP contribution is 2.19. The molecular formula is C15H28N2O3. The molecule has 1 saturated carbocycles. The van der Waals surface area contributed by atoms with Crippen LogP contribution in [0.2, 0.25) is 0 Å². The zero-order valence-corrected chi connectivity index (χ0v) is 12.5. The van der Waals surface area contributed by atoms with E-state index in [1.807, 2.05) is 0 Å². The Morgan fingerprint density at radius 3 is 2.10 bits per heavy atom. The molecule has 0 spiro atoms.